The molecule has 0 spiro atoms. The van der Waals surface area contributed by atoms with Gasteiger partial charge in [0, 0.05) is 11.3 Å². The average molecular weight is 314 g/mol. The molecule has 1 aromatic rings. The number of aromatic nitrogens is 1. The van der Waals surface area contributed by atoms with E-state index in [1.165, 1.54) is 4.88 Å². The van der Waals surface area contributed by atoms with E-state index < -0.39 is 0 Å². The van der Waals surface area contributed by atoms with Gasteiger partial charge >= 0.3 is 0 Å². The number of aryl methyl sites for hydroxylation is 2. The molecule has 0 radical (unpaired) electrons. The van der Waals surface area contributed by atoms with Gasteiger partial charge < -0.3 is 10.4 Å². The molecule has 1 aromatic heterocycles. The summed E-state index contributed by atoms with van der Waals surface area (Å²) in [6.45, 7) is 2.01. The number of nitrogens with one attached hydrogen (secondary N) is 1. The minimum Gasteiger partial charge on any atom is -0.394 e. The molecule has 0 bridgehead atoms. The molecule has 1 saturated heterocycles. The molecule has 112 valence electrons. The molecule has 0 aromatic carbocycles. The van der Waals surface area contributed by atoms with Crippen molar-refractivity contribution in [3.05, 3.63) is 16.1 Å². The summed E-state index contributed by atoms with van der Waals surface area (Å²) in [6.07, 6.45) is 3.39. The number of thioether (sulfide) groups is 1. The Hall–Kier alpha value is -0.590. The number of carbonyl (C=O) groups is 1. The summed E-state index contributed by atoms with van der Waals surface area (Å²) in [5, 5.41) is 12.5. The van der Waals surface area contributed by atoms with Gasteiger partial charge in [0.15, 0.2) is 0 Å². The molecular weight excluding hydrogens is 292 g/mol. The lowest BCUT2D eigenvalue weighted by Crippen LogP contribution is -2.44. The lowest BCUT2D eigenvalue weighted by atomic mass is 9.94. The highest BCUT2D eigenvalue weighted by molar-refractivity contribution is 7.99. The van der Waals surface area contributed by atoms with Crippen LogP contribution in [0.5, 0.6) is 0 Å². The second-order valence-corrected chi connectivity index (χ2v) is 7.33. The Morgan fingerprint density at radius 1 is 1.55 bits per heavy atom. The Morgan fingerprint density at radius 3 is 2.90 bits per heavy atom. The molecule has 1 atom stereocenters. The van der Waals surface area contributed by atoms with Crippen molar-refractivity contribution in [2.24, 2.45) is 5.92 Å². The van der Waals surface area contributed by atoms with Crippen LogP contribution in [0, 0.1) is 12.8 Å². The van der Waals surface area contributed by atoms with Gasteiger partial charge in [-0.25, -0.2) is 4.98 Å². The van der Waals surface area contributed by atoms with E-state index in [0.717, 1.165) is 36.5 Å². The first-order chi connectivity index (χ1) is 9.70. The minimum absolute atomic E-state index is 0.0371. The van der Waals surface area contributed by atoms with Crippen LogP contribution in [0.3, 0.4) is 0 Å². The van der Waals surface area contributed by atoms with Crippen LogP contribution < -0.4 is 5.32 Å². The molecule has 0 aliphatic carbocycles. The van der Waals surface area contributed by atoms with E-state index in [4.69, 9.17) is 0 Å². The number of thiazole rings is 1. The Morgan fingerprint density at radius 2 is 2.30 bits per heavy atom. The van der Waals surface area contributed by atoms with Crippen LogP contribution in [0.1, 0.15) is 29.8 Å². The fourth-order valence-corrected chi connectivity index (χ4v) is 4.43. The third kappa shape index (κ3) is 4.46. The van der Waals surface area contributed by atoms with E-state index in [0.29, 0.717) is 12.3 Å². The van der Waals surface area contributed by atoms with E-state index in [1.54, 1.807) is 11.3 Å². The standard InChI is InChI=1S/C14H22N2O2S2/c1-10-13(20-9-15-10)2-3-14(18)16-12(8-17)11-4-6-19-7-5-11/h9,11-12,17H,2-8H2,1H3,(H,16,18)/t12-/m1/s1. The third-order valence-corrected chi connectivity index (χ3v) is 5.85. The second kappa shape index (κ2) is 8.00. The molecule has 1 aliphatic rings. The van der Waals surface area contributed by atoms with Crippen LogP contribution in [0.4, 0.5) is 0 Å². The van der Waals surface area contributed by atoms with E-state index in [2.05, 4.69) is 10.3 Å². The first kappa shape index (κ1) is 15.8. The second-order valence-electron chi connectivity index (χ2n) is 5.17. The molecule has 2 heterocycles. The summed E-state index contributed by atoms with van der Waals surface area (Å²) in [4.78, 5) is 17.4. The summed E-state index contributed by atoms with van der Waals surface area (Å²) >= 11 is 3.56. The first-order valence-corrected chi connectivity index (χ1v) is 9.11. The van der Waals surface area contributed by atoms with E-state index >= 15 is 0 Å². The van der Waals surface area contributed by atoms with Crippen LogP contribution in [0.15, 0.2) is 5.51 Å². The number of aliphatic hydroxyl groups is 1. The number of carbonyl (C=O) groups excluding carboxylic acids is 1. The van der Waals surface area contributed by atoms with E-state index in [1.807, 2.05) is 24.2 Å². The molecule has 0 unspecified atom stereocenters. The number of aliphatic hydroxyl groups excluding tert-OH is 1. The van der Waals surface area contributed by atoms with Crippen molar-refractivity contribution in [3.8, 4) is 0 Å². The zero-order valence-corrected chi connectivity index (χ0v) is 13.4. The van der Waals surface area contributed by atoms with Crippen molar-refractivity contribution < 1.29 is 9.90 Å². The highest BCUT2D eigenvalue weighted by Crippen LogP contribution is 2.25. The molecule has 20 heavy (non-hydrogen) atoms. The van der Waals surface area contributed by atoms with Crippen molar-refractivity contribution >= 4 is 29.0 Å². The SMILES string of the molecule is Cc1ncsc1CCC(=O)N[C@H](CO)C1CCSCC1. The molecule has 0 saturated carbocycles. The van der Waals surface area contributed by atoms with Crippen LogP contribution in [0.2, 0.25) is 0 Å². The molecular formula is C14H22N2O2S2. The lowest BCUT2D eigenvalue weighted by molar-refractivity contribution is -0.122. The average Bonchev–Trinajstić information content (AvgIpc) is 2.89. The summed E-state index contributed by atoms with van der Waals surface area (Å²) in [5.41, 5.74) is 2.84. The maximum atomic E-state index is 12.0. The molecule has 1 amide bonds. The zero-order chi connectivity index (χ0) is 14.4. The first-order valence-electron chi connectivity index (χ1n) is 7.07. The number of hydrogen-bond donors (Lipinski definition) is 2. The van der Waals surface area contributed by atoms with Gasteiger partial charge in [-0.15, -0.1) is 11.3 Å². The van der Waals surface area contributed by atoms with Crippen LogP contribution in [0.25, 0.3) is 0 Å². The fourth-order valence-electron chi connectivity index (χ4n) is 2.50. The number of hydrogen-bond acceptors (Lipinski definition) is 5. The summed E-state index contributed by atoms with van der Waals surface area (Å²) < 4.78 is 0. The molecule has 1 fully saturated rings. The largest absolute Gasteiger partial charge is 0.394 e. The van der Waals surface area contributed by atoms with Gasteiger partial charge in [0.25, 0.3) is 0 Å². The molecule has 4 nitrogen and oxygen atoms in total. The predicted octanol–water partition coefficient (Wildman–Crippen LogP) is 2.00. The van der Waals surface area contributed by atoms with Gasteiger partial charge in [-0.05, 0) is 43.6 Å². The van der Waals surface area contributed by atoms with Gasteiger partial charge in [0.05, 0.1) is 23.9 Å². The summed E-state index contributed by atoms with van der Waals surface area (Å²) in [7, 11) is 0. The topological polar surface area (TPSA) is 62.2 Å². The lowest BCUT2D eigenvalue weighted by Gasteiger charge is -2.29. The fraction of sp³-hybridized carbons (Fsp3) is 0.714. The van der Waals surface area contributed by atoms with Gasteiger partial charge in [0.2, 0.25) is 5.91 Å². The maximum absolute atomic E-state index is 12.0. The Labute approximate surface area is 128 Å². The molecule has 1 aliphatic heterocycles. The Balaban J connectivity index is 1.78. The van der Waals surface area contributed by atoms with Crippen molar-refractivity contribution in [2.75, 3.05) is 18.1 Å². The molecule has 2 N–H and O–H groups in total. The van der Waals surface area contributed by atoms with Crippen molar-refractivity contribution in [1.29, 1.82) is 0 Å². The smallest absolute Gasteiger partial charge is 0.220 e. The van der Waals surface area contributed by atoms with Gasteiger partial charge in [0.1, 0.15) is 0 Å². The van der Waals surface area contributed by atoms with Crippen molar-refractivity contribution in [3.63, 3.8) is 0 Å². The van der Waals surface area contributed by atoms with Crippen LogP contribution >= 0.6 is 23.1 Å². The van der Waals surface area contributed by atoms with Gasteiger partial charge in [-0.2, -0.15) is 11.8 Å². The van der Waals surface area contributed by atoms with Gasteiger partial charge in [-0.1, -0.05) is 0 Å². The normalized spacial score (nSPS) is 17.9. The number of nitrogens with zero attached hydrogens (tertiary/aromatic N) is 1. The van der Waals surface area contributed by atoms with Crippen LogP contribution in [-0.2, 0) is 11.2 Å². The molecule has 6 heteroatoms. The third-order valence-electron chi connectivity index (χ3n) is 3.80. The van der Waals surface area contributed by atoms with E-state index in [9.17, 15) is 9.90 Å². The van der Waals surface area contributed by atoms with Crippen LogP contribution in [-0.4, -0.2) is 40.2 Å². The Kier molecular flexibility index (Phi) is 6.32. The highest BCUT2D eigenvalue weighted by Gasteiger charge is 2.24. The van der Waals surface area contributed by atoms with Crippen molar-refractivity contribution in [1.82, 2.24) is 10.3 Å². The highest BCUT2D eigenvalue weighted by atomic mass is 32.2. The van der Waals surface area contributed by atoms with Crippen molar-refractivity contribution in [2.45, 2.75) is 38.6 Å². The molecule has 2 rings (SSSR count). The quantitative estimate of drug-likeness (QED) is 0.843. The predicted molar refractivity (Wildman–Crippen MR) is 84.2 cm³/mol. The summed E-state index contributed by atoms with van der Waals surface area (Å²) in [6, 6.07) is -0.0778. The summed E-state index contributed by atoms with van der Waals surface area (Å²) in [5.74, 6) is 2.74. The maximum Gasteiger partial charge on any atom is 0.220 e. The van der Waals surface area contributed by atoms with Gasteiger partial charge in [-0.3, -0.25) is 4.79 Å². The number of rotatable bonds is 6. The van der Waals surface area contributed by atoms with E-state index in [-0.39, 0.29) is 18.6 Å². The zero-order valence-electron chi connectivity index (χ0n) is 11.8. The number of amides is 1. The Bertz CT molecular complexity index is 431. The monoisotopic (exact) mass is 314 g/mol. The minimum atomic E-state index is -0.0778.